The van der Waals surface area contributed by atoms with Gasteiger partial charge in [-0.3, -0.25) is 0 Å². The van der Waals surface area contributed by atoms with Crippen LogP contribution in [0.3, 0.4) is 0 Å². The molecule has 0 spiro atoms. The zero-order valence-electron chi connectivity index (χ0n) is 16.0. The first-order valence-corrected chi connectivity index (χ1v) is 11.7. The lowest BCUT2D eigenvalue weighted by molar-refractivity contribution is 0.602. The highest BCUT2D eigenvalue weighted by molar-refractivity contribution is 7.90. The van der Waals surface area contributed by atoms with Crippen LogP contribution < -0.4 is 10.6 Å². The van der Waals surface area contributed by atoms with Gasteiger partial charge < -0.3 is 10.6 Å². The highest BCUT2D eigenvalue weighted by atomic mass is 35.5. The smallest absolute Gasteiger partial charge is 0.191 e. The van der Waals surface area contributed by atoms with Gasteiger partial charge in [0.1, 0.15) is 0 Å². The number of hydrogen-bond donors (Lipinski definition) is 2. The van der Waals surface area contributed by atoms with Crippen LogP contribution in [0, 0.1) is 0 Å². The Kier molecular flexibility index (Phi) is 8.60. The molecule has 2 aromatic carbocycles. The summed E-state index contributed by atoms with van der Waals surface area (Å²) in [5.74, 6) is 0.719. The van der Waals surface area contributed by atoms with E-state index >= 15 is 0 Å². The normalized spacial score (nSPS) is 12.1. The minimum Gasteiger partial charge on any atom is -0.357 e. The Morgan fingerprint density at radius 2 is 1.79 bits per heavy atom. The second-order valence-corrected chi connectivity index (χ2v) is 9.24. The molecule has 0 aliphatic carbocycles. The topological polar surface area (TPSA) is 70.6 Å². The fourth-order valence-corrected chi connectivity index (χ4v) is 3.70. The molecule has 0 saturated heterocycles. The van der Waals surface area contributed by atoms with Crippen LogP contribution in [-0.4, -0.2) is 33.7 Å². The molecule has 0 radical (unpaired) electrons. The molecule has 0 bridgehead atoms. The van der Waals surface area contributed by atoms with Gasteiger partial charge in [0.2, 0.25) is 0 Å². The Labute approximate surface area is 177 Å². The molecule has 152 valence electrons. The van der Waals surface area contributed by atoms with E-state index in [0.717, 1.165) is 43.0 Å². The largest absolute Gasteiger partial charge is 0.357 e. The summed E-state index contributed by atoms with van der Waals surface area (Å²) in [5.41, 5.74) is 2.01. The Hall–Kier alpha value is -1.76. The summed E-state index contributed by atoms with van der Waals surface area (Å²) in [6, 6.07) is 12.3. The predicted octanol–water partition coefficient (Wildman–Crippen LogP) is 4.08. The van der Waals surface area contributed by atoms with E-state index in [4.69, 9.17) is 23.2 Å². The third-order valence-electron chi connectivity index (χ3n) is 4.05. The summed E-state index contributed by atoms with van der Waals surface area (Å²) in [7, 11) is -3.18. The number of halogens is 2. The molecule has 2 N–H and O–H groups in total. The first-order valence-electron chi connectivity index (χ1n) is 9.04. The van der Waals surface area contributed by atoms with Crippen molar-refractivity contribution in [2.45, 2.75) is 31.2 Å². The Morgan fingerprint density at radius 1 is 1.07 bits per heavy atom. The van der Waals surface area contributed by atoms with Gasteiger partial charge in [-0.2, -0.15) is 0 Å². The lowest BCUT2D eigenvalue weighted by Crippen LogP contribution is -2.37. The molecule has 8 heteroatoms. The first kappa shape index (κ1) is 22.5. The maximum Gasteiger partial charge on any atom is 0.191 e. The van der Waals surface area contributed by atoms with E-state index in [2.05, 4.69) is 15.6 Å². The number of benzene rings is 2. The molecule has 28 heavy (non-hydrogen) atoms. The van der Waals surface area contributed by atoms with E-state index in [1.165, 1.54) is 6.26 Å². The summed E-state index contributed by atoms with van der Waals surface area (Å²) >= 11 is 12.1. The van der Waals surface area contributed by atoms with E-state index in [1.54, 1.807) is 30.3 Å². The van der Waals surface area contributed by atoms with Crippen LogP contribution in [0.5, 0.6) is 0 Å². The number of guanidine groups is 1. The molecular weight excluding hydrogens is 417 g/mol. The maximum atomic E-state index is 11.5. The molecule has 0 heterocycles. The van der Waals surface area contributed by atoms with Gasteiger partial charge in [0.05, 0.1) is 11.4 Å². The molecule has 0 amide bonds. The molecule has 0 unspecified atom stereocenters. The van der Waals surface area contributed by atoms with Gasteiger partial charge in [-0.25, -0.2) is 13.4 Å². The van der Waals surface area contributed by atoms with Gasteiger partial charge >= 0.3 is 0 Å². The number of nitrogens with zero attached hydrogens (tertiary/aromatic N) is 1. The second kappa shape index (κ2) is 10.7. The molecule has 0 saturated carbocycles. The Balaban J connectivity index is 1.88. The van der Waals surface area contributed by atoms with Crippen molar-refractivity contribution < 1.29 is 8.42 Å². The summed E-state index contributed by atoms with van der Waals surface area (Å²) in [4.78, 5) is 4.86. The summed E-state index contributed by atoms with van der Waals surface area (Å²) < 4.78 is 23.0. The predicted molar refractivity (Wildman–Crippen MR) is 117 cm³/mol. The van der Waals surface area contributed by atoms with Crippen molar-refractivity contribution >= 4 is 39.0 Å². The number of hydrogen-bond acceptors (Lipinski definition) is 3. The molecular formula is C20H25Cl2N3O2S. The number of aliphatic imine (C=N–C) groups is 1. The summed E-state index contributed by atoms with van der Waals surface area (Å²) in [6.45, 7) is 3.97. The minimum atomic E-state index is -3.18. The lowest BCUT2D eigenvalue weighted by Gasteiger charge is -2.12. The third kappa shape index (κ3) is 7.34. The minimum absolute atomic E-state index is 0.311. The maximum absolute atomic E-state index is 11.5. The van der Waals surface area contributed by atoms with Crippen molar-refractivity contribution in [2.24, 2.45) is 4.99 Å². The zero-order chi connectivity index (χ0) is 20.6. The van der Waals surface area contributed by atoms with Crippen molar-refractivity contribution in [3.8, 4) is 0 Å². The molecule has 2 aromatic rings. The van der Waals surface area contributed by atoms with Crippen molar-refractivity contribution in [1.82, 2.24) is 10.6 Å². The highest BCUT2D eigenvalue weighted by Crippen LogP contribution is 2.21. The van der Waals surface area contributed by atoms with Gasteiger partial charge in [0.15, 0.2) is 15.8 Å². The average Bonchev–Trinajstić information content (AvgIpc) is 2.64. The molecule has 0 fully saturated rings. The van der Waals surface area contributed by atoms with Gasteiger partial charge in [0.25, 0.3) is 0 Å². The monoisotopic (exact) mass is 441 g/mol. The van der Waals surface area contributed by atoms with E-state index in [-0.39, 0.29) is 0 Å². The standard InChI is InChI=1S/C20H25Cl2N3O2S/c1-3-23-20(24-12-4-5-16-8-9-17(21)13-19(16)22)25-14-15-6-10-18(11-7-15)28(2,26)27/h6-11,13H,3-5,12,14H2,1-2H3,(H2,23,24,25). The average molecular weight is 442 g/mol. The Bertz CT molecular complexity index is 914. The van der Waals surface area contributed by atoms with Crippen LogP contribution in [0.25, 0.3) is 0 Å². The van der Waals surface area contributed by atoms with Crippen molar-refractivity contribution in [3.63, 3.8) is 0 Å². The Morgan fingerprint density at radius 3 is 2.39 bits per heavy atom. The van der Waals surface area contributed by atoms with Crippen LogP contribution in [0.2, 0.25) is 10.0 Å². The molecule has 5 nitrogen and oxygen atoms in total. The SMILES string of the molecule is CCNC(=NCc1ccc(S(C)(=O)=O)cc1)NCCCc1ccc(Cl)cc1Cl. The van der Waals surface area contributed by atoms with Crippen LogP contribution in [0.15, 0.2) is 52.4 Å². The van der Waals surface area contributed by atoms with Crippen molar-refractivity contribution in [1.29, 1.82) is 0 Å². The highest BCUT2D eigenvalue weighted by Gasteiger charge is 2.06. The molecule has 0 aliphatic heterocycles. The number of sulfone groups is 1. The van der Waals surface area contributed by atoms with Crippen molar-refractivity contribution in [2.75, 3.05) is 19.3 Å². The quantitative estimate of drug-likeness (QED) is 0.367. The van der Waals surface area contributed by atoms with Gasteiger partial charge in [-0.05, 0) is 55.2 Å². The van der Waals surface area contributed by atoms with Gasteiger partial charge in [-0.15, -0.1) is 0 Å². The molecule has 0 aliphatic rings. The molecule has 2 rings (SSSR count). The number of aryl methyl sites for hydroxylation is 1. The van der Waals surface area contributed by atoms with Gasteiger partial charge in [-0.1, -0.05) is 41.4 Å². The lowest BCUT2D eigenvalue weighted by atomic mass is 10.1. The summed E-state index contributed by atoms with van der Waals surface area (Å²) in [6.07, 6.45) is 2.94. The molecule has 0 aromatic heterocycles. The van der Waals surface area contributed by atoms with Crippen LogP contribution in [-0.2, 0) is 22.8 Å². The number of rotatable bonds is 8. The second-order valence-electron chi connectivity index (χ2n) is 6.38. The van der Waals surface area contributed by atoms with E-state index in [9.17, 15) is 8.42 Å². The first-order chi connectivity index (χ1) is 13.3. The third-order valence-corrected chi connectivity index (χ3v) is 5.76. The van der Waals surface area contributed by atoms with Gasteiger partial charge in [0, 0.05) is 29.4 Å². The molecule has 0 atom stereocenters. The van der Waals surface area contributed by atoms with Crippen molar-refractivity contribution in [3.05, 3.63) is 63.6 Å². The summed E-state index contributed by atoms with van der Waals surface area (Å²) in [5, 5.41) is 7.83. The zero-order valence-corrected chi connectivity index (χ0v) is 18.3. The van der Waals surface area contributed by atoms with E-state index in [1.807, 2.05) is 19.1 Å². The van der Waals surface area contributed by atoms with Crippen LogP contribution >= 0.6 is 23.2 Å². The van der Waals surface area contributed by atoms with E-state index < -0.39 is 9.84 Å². The van der Waals surface area contributed by atoms with E-state index in [0.29, 0.717) is 21.5 Å². The number of nitrogens with one attached hydrogen (secondary N) is 2. The fraction of sp³-hybridized carbons (Fsp3) is 0.350. The van der Waals surface area contributed by atoms with Crippen LogP contribution in [0.4, 0.5) is 0 Å². The fourth-order valence-electron chi connectivity index (χ4n) is 2.56. The van der Waals surface area contributed by atoms with Crippen LogP contribution in [0.1, 0.15) is 24.5 Å².